The van der Waals surface area contributed by atoms with Crippen LogP contribution < -0.4 is 4.74 Å². The summed E-state index contributed by atoms with van der Waals surface area (Å²) in [5, 5.41) is 0.728. The van der Waals surface area contributed by atoms with Crippen LogP contribution in [0.4, 0.5) is 0 Å². The van der Waals surface area contributed by atoms with Crippen molar-refractivity contribution in [1.82, 2.24) is 18.9 Å². The maximum Gasteiger partial charge on any atom is 0.343 e. The molecule has 172 valence electrons. The molecule has 0 bridgehead atoms. The summed E-state index contributed by atoms with van der Waals surface area (Å²) in [6.45, 7) is 5.04. The van der Waals surface area contributed by atoms with Gasteiger partial charge in [0.15, 0.2) is 11.4 Å². The van der Waals surface area contributed by atoms with Gasteiger partial charge in [0.05, 0.1) is 16.6 Å². The largest absolute Gasteiger partial charge is 0.420 e. The summed E-state index contributed by atoms with van der Waals surface area (Å²) >= 11 is 0. The number of carbonyl (C=O) groups excluding carboxylic acids is 1. The normalized spacial score (nSPS) is 11.6. The first kappa shape index (κ1) is 21.1. The van der Waals surface area contributed by atoms with E-state index in [4.69, 9.17) is 14.7 Å². The van der Waals surface area contributed by atoms with Crippen LogP contribution in [0, 0.1) is 5.92 Å². The molecule has 0 fully saturated rings. The molecule has 0 saturated carbocycles. The molecule has 6 heteroatoms. The Bertz CT molecular complexity index is 1680. The smallest absolute Gasteiger partial charge is 0.343 e. The fourth-order valence-electron chi connectivity index (χ4n) is 4.53. The minimum absolute atomic E-state index is 0.375. The first-order chi connectivity index (χ1) is 17.1. The Balaban J connectivity index is 1.67. The van der Waals surface area contributed by atoms with Gasteiger partial charge in [-0.15, -0.1) is 0 Å². The Morgan fingerprint density at radius 1 is 0.857 bits per heavy atom. The lowest BCUT2D eigenvalue weighted by Gasteiger charge is -2.11. The second kappa shape index (κ2) is 8.40. The van der Waals surface area contributed by atoms with Gasteiger partial charge in [0.25, 0.3) is 0 Å². The Kier molecular flexibility index (Phi) is 5.07. The minimum atomic E-state index is -0.407. The van der Waals surface area contributed by atoms with Crippen LogP contribution in [0.5, 0.6) is 5.75 Å². The zero-order chi connectivity index (χ0) is 23.9. The molecular formula is C29H24N4O2. The number of hydrogen-bond acceptors (Lipinski definition) is 4. The number of aromatic nitrogens is 4. The van der Waals surface area contributed by atoms with Crippen LogP contribution in [0.3, 0.4) is 0 Å². The minimum Gasteiger partial charge on any atom is -0.420 e. The maximum absolute atomic E-state index is 13.0. The lowest BCUT2D eigenvalue weighted by atomic mass is 10.2. The number of ether oxygens (including phenoxy) is 1. The quantitative estimate of drug-likeness (QED) is 0.280. The number of esters is 1. The monoisotopic (exact) mass is 460 g/mol. The number of fused-ring (bicyclic) bond motifs is 5. The van der Waals surface area contributed by atoms with Crippen LogP contribution in [0.25, 0.3) is 39.1 Å². The SMILES string of the molecule is CC(C)Cn1cc(OC(=O)c2ccccc2)c2c1nc(-c1ccccc1)n1c3ccccc3nc21. The van der Waals surface area contributed by atoms with E-state index in [-0.39, 0.29) is 0 Å². The van der Waals surface area contributed by atoms with E-state index in [2.05, 4.69) is 34.9 Å². The van der Waals surface area contributed by atoms with Gasteiger partial charge in [-0.3, -0.25) is 4.40 Å². The molecule has 0 aliphatic carbocycles. The first-order valence-corrected chi connectivity index (χ1v) is 11.7. The van der Waals surface area contributed by atoms with Gasteiger partial charge in [-0.2, -0.15) is 0 Å². The molecule has 0 aliphatic heterocycles. The molecule has 6 nitrogen and oxygen atoms in total. The predicted molar refractivity (Wildman–Crippen MR) is 138 cm³/mol. The summed E-state index contributed by atoms with van der Waals surface area (Å²) in [5.74, 6) is 1.23. The molecule has 0 unspecified atom stereocenters. The van der Waals surface area contributed by atoms with E-state index in [0.29, 0.717) is 22.9 Å². The van der Waals surface area contributed by atoms with Crippen molar-refractivity contribution < 1.29 is 9.53 Å². The van der Waals surface area contributed by atoms with Gasteiger partial charge >= 0.3 is 5.97 Å². The summed E-state index contributed by atoms with van der Waals surface area (Å²) in [6.07, 6.45) is 1.88. The highest BCUT2D eigenvalue weighted by Crippen LogP contribution is 2.36. The van der Waals surface area contributed by atoms with Gasteiger partial charge < -0.3 is 9.30 Å². The summed E-state index contributed by atoms with van der Waals surface area (Å²) < 4.78 is 10.1. The van der Waals surface area contributed by atoms with Gasteiger partial charge in [0.1, 0.15) is 16.9 Å². The Labute approximate surface area is 202 Å². The molecule has 3 heterocycles. The van der Waals surface area contributed by atoms with Crippen LogP contribution in [0.1, 0.15) is 24.2 Å². The molecule has 0 amide bonds. The number of nitrogens with zero attached hydrogens (tertiary/aromatic N) is 4. The fraction of sp³-hybridized carbons (Fsp3) is 0.138. The van der Waals surface area contributed by atoms with Gasteiger partial charge in [-0.1, -0.05) is 74.5 Å². The maximum atomic E-state index is 13.0. The van der Waals surface area contributed by atoms with Crippen molar-refractivity contribution in [3.8, 4) is 17.1 Å². The molecule has 35 heavy (non-hydrogen) atoms. The van der Waals surface area contributed by atoms with E-state index in [1.165, 1.54) is 0 Å². The van der Waals surface area contributed by atoms with E-state index < -0.39 is 5.97 Å². The molecule has 0 N–H and O–H groups in total. The molecule has 3 aromatic carbocycles. The summed E-state index contributed by atoms with van der Waals surface area (Å²) in [7, 11) is 0. The third-order valence-corrected chi connectivity index (χ3v) is 6.03. The molecule has 0 atom stereocenters. The Morgan fingerprint density at radius 3 is 2.29 bits per heavy atom. The molecule has 0 radical (unpaired) electrons. The second-order valence-corrected chi connectivity index (χ2v) is 9.05. The average Bonchev–Trinajstić information content (AvgIpc) is 3.42. The summed E-state index contributed by atoms with van der Waals surface area (Å²) in [5.41, 5.74) is 4.76. The van der Waals surface area contributed by atoms with Crippen molar-refractivity contribution in [3.63, 3.8) is 0 Å². The molecule has 0 saturated heterocycles. The highest BCUT2D eigenvalue weighted by molar-refractivity contribution is 6.03. The lowest BCUT2D eigenvalue weighted by molar-refractivity contribution is 0.0737. The van der Waals surface area contributed by atoms with Crippen molar-refractivity contribution in [1.29, 1.82) is 0 Å². The van der Waals surface area contributed by atoms with Crippen molar-refractivity contribution in [2.45, 2.75) is 20.4 Å². The second-order valence-electron chi connectivity index (χ2n) is 9.05. The van der Waals surface area contributed by atoms with E-state index in [1.807, 2.05) is 66.9 Å². The van der Waals surface area contributed by atoms with E-state index in [9.17, 15) is 4.79 Å². The zero-order valence-electron chi connectivity index (χ0n) is 19.6. The van der Waals surface area contributed by atoms with Crippen molar-refractivity contribution in [2.75, 3.05) is 0 Å². The first-order valence-electron chi connectivity index (χ1n) is 11.7. The van der Waals surface area contributed by atoms with Gasteiger partial charge in [0.2, 0.25) is 0 Å². The van der Waals surface area contributed by atoms with Crippen molar-refractivity contribution in [2.24, 2.45) is 5.92 Å². The number of carbonyl (C=O) groups is 1. The highest BCUT2D eigenvalue weighted by Gasteiger charge is 2.23. The number of para-hydroxylation sites is 2. The van der Waals surface area contributed by atoms with Crippen molar-refractivity contribution in [3.05, 3.63) is 96.7 Å². The van der Waals surface area contributed by atoms with Gasteiger partial charge in [-0.05, 0) is 30.2 Å². The molecule has 3 aromatic heterocycles. The zero-order valence-corrected chi connectivity index (χ0v) is 19.6. The van der Waals surface area contributed by atoms with E-state index in [0.717, 1.165) is 40.0 Å². The number of rotatable bonds is 5. The number of benzene rings is 3. The third-order valence-electron chi connectivity index (χ3n) is 6.03. The van der Waals surface area contributed by atoms with E-state index in [1.54, 1.807) is 12.1 Å². The lowest BCUT2D eigenvalue weighted by Crippen LogP contribution is -2.08. The molecule has 6 aromatic rings. The fourth-order valence-corrected chi connectivity index (χ4v) is 4.53. The third kappa shape index (κ3) is 3.64. The standard InChI is InChI=1S/C29H24N4O2/c1-19(2)17-32-18-24(35-29(34)21-13-7-4-8-14-21)25-27(32)31-26(20-11-5-3-6-12-20)33-23-16-10-9-15-22(23)30-28(25)33/h3-16,18-19H,17H2,1-2H3. The Hall–Kier alpha value is -4.45. The van der Waals surface area contributed by atoms with E-state index >= 15 is 0 Å². The van der Waals surface area contributed by atoms with Crippen LogP contribution in [-0.2, 0) is 6.54 Å². The van der Waals surface area contributed by atoms with Crippen molar-refractivity contribution >= 4 is 33.7 Å². The van der Waals surface area contributed by atoms with Crippen LogP contribution >= 0.6 is 0 Å². The average molecular weight is 461 g/mol. The molecule has 0 spiro atoms. The van der Waals surface area contributed by atoms with Crippen LogP contribution in [0.2, 0.25) is 0 Å². The molecule has 6 rings (SSSR count). The molecule has 0 aliphatic rings. The van der Waals surface area contributed by atoms with Crippen LogP contribution in [-0.4, -0.2) is 24.9 Å². The Morgan fingerprint density at radius 2 is 1.54 bits per heavy atom. The highest BCUT2D eigenvalue weighted by atomic mass is 16.5. The summed E-state index contributed by atoms with van der Waals surface area (Å²) in [4.78, 5) is 23.1. The van der Waals surface area contributed by atoms with Gasteiger partial charge in [-0.25, -0.2) is 14.8 Å². The van der Waals surface area contributed by atoms with Gasteiger partial charge in [0, 0.05) is 18.3 Å². The number of imidazole rings is 1. The number of hydrogen-bond donors (Lipinski definition) is 0. The van der Waals surface area contributed by atoms with Crippen LogP contribution in [0.15, 0.2) is 91.1 Å². The summed E-state index contributed by atoms with van der Waals surface area (Å²) in [6, 6.07) is 27.1. The topological polar surface area (TPSA) is 61.4 Å². The predicted octanol–water partition coefficient (Wildman–Crippen LogP) is 6.38. The molecular weight excluding hydrogens is 436 g/mol.